The number of nitrogens with zero attached hydrogens (tertiary/aromatic N) is 2. The van der Waals surface area contributed by atoms with Crippen LogP contribution < -0.4 is 0 Å². The maximum Gasteiger partial charge on any atom is 0.259 e. The monoisotopic (exact) mass is 270 g/mol. The molecule has 80 valence electrons. The fourth-order valence-electron chi connectivity index (χ4n) is 1.17. The third kappa shape index (κ3) is 2.60. The SMILES string of the molecule is CC(C)N(CC#N)C(=O)c1ccoc1Br. The second-order valence-electron chi connectivity index (χ2n) is 3.29. The topological polar surface area (TPSA) is 57.2 Å². The highest BCUT2D eigenvalue weighted by molar-refractivity contribution is 9.10. The van der Waals surface area contributed by atoms with Crippen LogP contribution in [-0.2, 0) is 0 Å². The molecule has 0 aromatic carbocycles. The highest BCUT2D eigenvalue weighted by atomic mass is 79.9. The first-order chi connectivity index (χ1) is 7.07. The first kappa shape index (κ1) is 11.8. The van der Waals surface area contributed by atoms with E-state index in [-0.39, 0.29) is 18.5 Å². The van der Waals surface area contributed by atoms with E-state index in [0.29, 0.717) is 10.2 Å². The molecule has 1 aromatic heterocycles. The van der Waals surface area contributed by atoms with Crippen molar-refractivity contribution in [3.8, 4) is 6.07 Å². The molecule has 0 N–H and O–H groups in total. The summed E-state index contributed by atoms with van der Waals surface area (Å²) in [4.78, 5) is 13.4. The van der Waals surface area contributed by atoms with Crippen molar-refractivity contribution >= 4 is 21.8 Å². The van der Waals surface area contributed by atoms with Crippen LogP contribution in [0.4, 0.5) is 0 Å². The standard InChI is InChI=1S/C10H11BrN2O2/c1-7(2)13(5-4-12)10(14)8-3-6-15-9(8)11/h3,6-7H,5H2,1-2H3. The van der Waals surface area contributed by atoms with Gasteiger partial charge in [-0.1, -0.05) is 0 Å². The van der Waals surface area contributed by atoms with E-state index in [4.69, 9.17) is 9.68 Å². The summed E-state index contributed by atoms with van der Waals surface area (Å²) in [6.45, 7) is 3.81. The van der Waals surface area contributed by atoms with Gasteiger partial charge >= 0.3 is 0 Å². The molecule has 0 saturated heterocycles. The molecular formula is C10H11BrN2O2. The number of furan rings is 1. The van der Waals surface area contributed by atoms with Crippen LogP contribution in [0.15, 0.2) is 21.4 Å². The fraction of sp³-hybridized carbons (Fsp3) is 0.400. The number of rotatable bonds is 3. The Kier molecular flexibility index (Phi) is 3.92. The molecule has 0 radical (unpaired) electrons. The summed E-state index contributed by atoms with van der Waals surface area (Å²) in [7, 11) is 0. The van der Waals surface area contributed by atoms with Crippen LogP contribution >= 0.6 is 15.9 Å². The lowest BCUT2D eigenvalue weighted by Crippen LogP contribution is -2.37. The molecular weight excluding hydrogens is 260 g/mol. The highest BCUT2D eigenvalue weighted by Crippen LogP contribution is 2.20. The van der Waals surface area contributed by atoms with Crippen molar-refractivity contribution in [3.63, 3.8) is 0 Å². The smallest absolute Gasteiger partial charge is 0.259 e. The zero-order chi connectivity index (χ0) is 11.4. The van der Waals surface area contributed by atoms with Crippen LogP contribution in [0.5, 0.6) is 0 Å². The van der Waals surface area contributed by atoms with Crippen molar-refractivity contribution in [2.24, 2.45) is 0 Å². The summed E-state index contributed by atoms with van der Waals surface area (Å²) < 4.78 is 5.38. The molecule has 4 nitrogen and oxygen atoms in total. The van der Waals surface area contributed by atoms with E-state index in [2.05, 4.69) is 15.9 Å². The molecule has 1 rings (SSSR count). The van der Waals surface area contributed by atoms with Gasteiger partial charge in [0.05, 0.1) is 17.9 Å². The Hall–Kier alpha value is -1.28. The molecule has 0 spiro atoms. The Labute approximate surface area is 96.6 Å². The van der Waals surface area contributed by atoms with Gasteiger partial charge in [-0.2, -0.15) is 5.26 Å². The molecule has 0 fully saturated rings. The third-order valence-corrected chi connectivity index (χ3v) is 2.59. The molecule has 1 aromatic rings. The largest absolute Gasteiger partial charge is 0.457 e. The minimum Gasteiger partial charge on any atom is -0.457 e. The van der Waals surface area contributed by atoms with Crippen molar-refractivity contribution < 1.29 is 9.21 Å². The molecule has 0 atom stereocenters. The van der Waals surface area contributed by atoms with Gasteiger partial charge in [-0.25, -0.2) is 0 Å². The molecule has 15 heavy (non-hydrogen) atoms. The lowest BCUT2D eigenvalue weighted by molar-refractivity contribution is 0.0729. The fourth-order valence-corrected chi connectivity index (χ4v) is 1.58. The number of nitriles is 1. The highest BCUT2D eigenvalue weighted by Gasteiger charge is 2.21. The van der Waals surface area contributed by atoms with E-state index in [1.54, 1.807) is 6.07 Å². The van der Waals surface area contributed by atoms with Gasteiger partial charge in [0.1, 0.15) is 6.54 Å². The van der Waals surface area contributed by atoms with Crippen LogP contribution in [0.3, 0.4) is 0 Å². The van der Waals surface area contributed by atoms with Gasteiger partial charge in [0.25, 0.3) is 5.91 Å². The molecule has 0 aliphatic heterocycles. The minimum absolute atomic E-state index is 0.0149. The number of hydrogen-bond acceptors (Lipinski definition) is 3. The van der Waals surface area contributed by atoms with E-state index in [9.17, 15) is 4.79 Å². The number of carbonyl (C=O) groups excluding carboxylic acids is 1. The van der Waals surface area contributed by atoms with Gasteiger partial charge in [-0.15, -0.1) is 0 Å². The van der Waals surface area contributed by atoms with Gasteiger partial charge in [0, 0.05) is 6.04 Å². The van der Waals surface area contributed by atoms with E-state index in [1.807, 2.05) is 19.9 Å². The predicted octanol–water partition coefficient (Wildman–Crippen LogP) is 2.42. The van der Waals surface area contributed by atoms with Crippen LogP contribution in [0.2, 0.25) is 0 Å². The van der Waals surface area contributed by atoms with Crippen molar-refractivity contribution in [3.05, 3.63) is 22.6 Å². The Balaban J connectivity index is 2.92. The molecule has 1 heterocycles. The average Bonchev–Trinajstić information content (AvgIpc) is 2.59. The number of amides is 1. The molecule has 1 amide bonds. The molecule has 0 unspecified atom stereocenters. The Morgan fingerprint density at radius 2 is 2.40 bits per heavy atom. The van der Waals surface area contributed by atoms with Gasteiger partial charge in [0.15, 0.2) is 4.67 Å². The quantitative estimate of drug-likeness (QED) is 0.793. The maximum atomic E-state index is 11.9. The zero-order valence-electron chi connectivity index (χ0n) is 8.53. The summed E-state index contributed by atoms with van der Waals surface area (Å²) in [5.74, 6) is -0.202. The van der Waals surface area contributed by atoms with Gasteiger partial charge in [0.2, 0.25) is 0 Å². The Morgan fingerprint density at radius 3 is 2.80 bits per heavy atom. The van der Waals surface area contributed by atoms with Crippen LogP contribution in [0.1, 0.15) is 24.2 Å². The van der Waals surface area contributed by atoms with Crippen LogP contribution in [0.25, 0.3) is 0 Å². The van der Waals surface area contributed by atoms with E-state index in [1.165, 1.54) is 11.2 Å². The van der Waals surface area contributed by atoms with Gasteiger partial charge < -0.3 is 9.32 Å². The summed E-state index contributed by atoms with van der Waals surface area (Å²) >= 11 is 3.14. The average molecular weight is 271 g/mol. The Morgan fingerprint density at radius 1 is 1.73 bits per heavy atom. The normalized spacial score (nSPS) is 10.1. The molecule has 0 aliphatic carbocycles. The van der Waals surface area contributed by atoms with E-state index in [0.717, 1.165) is 0 Å². The number of hydrogen-bond donors (Lipinski definition) is 0. The first-order valence-electron chi connectivity index (χ1n) is 4.48. The Bertz CT molecular complexity index is 392. The first-order valence-corrected chi connectivity index (χ1v) is 5.28. The van der Waals surface area contributed by atoms with Crippen LogP contribution in [0, 0.1) is 11.3 Å². The van der Waals surface area contributed by atoms with Gasteiger partial charge in [-0.3, -0.25) is 4.79 Å². The van der Waals surface area contributed by atoms with Gasteiger partial charge in [-0.05, 0) is 35.8 Å². The summed E-state index contributed by atoms with van der Waals surface area (Å²) in [5.41, 5.74) is 0.443. The minimum atomic E-state index is -0.202. The van der Waals surface area contributed by atoms with E-state index < -0.39 is 0 Å². The lowest BCUT2D eigenvalue weighted by Gasteiger charge is -2.23. The zero-order valence-corrected chi connectivity index (χ0v) is 10.1. The molecule has 0 saturated carbocycles. The second kappa shape index (κ2) is 4.99. The molecule has 0 bridgehead atoms. The van der Waals surface area contributed by atoms with Crippen molar-refractivity contribution in [2.75, 3.05) is 6.54 Å². The molecule has 5 heteroatoms. The third-order valence-electron chi connectivity index (χ3n) is 1.97. The number of carbonyl (C=O) groups is 1. The van der Waals surface area contributed by atoms with Crippen LogP contribution in [-0.4, -0.2) is 23.4 Å². The lowest BCUT2D eigenvalue weighted by atomic mass is 10.2. The van der Waals surface area contributed by atoms with E-state index >= 15 is 0 Å². The number of halogens is 1. The summed E-state index contributed by atoms with van der Waals surface area (Å²) in [5, 5.41) is 8.62. The van der Waals surface area contributed by atoms with Crippen molar-refractivity contribution in [1.82, 2.24) is 4.90 Å². The summed E-state index contributed by atoms with van der Waals surface area (Å²) in [6, 6.07) is 3.54. The molecule has 0 aliphatic rings. The maximum absolute atomic E-state index is 11.9. The predicted molar refractivity (Wildman–Crippen MR) is 58.2 cm³/mol. The van der Waals surface area contributed by atoms with Crippen molar-refractivity contribution in [1.29, 1.82) is 5.26 Å². The second-order valence-corrected chi connectivity index (χ2v) is 4.01. The summed E-state index contributed by atoms with van der Waals surface area (Å²) in [6.07, 6.45) is 1.43. The van der Waals surface area contributed by atoms with Crippen molar-refractivity contribution in [2.45, 2.75) is 19.9 Å².